The van der Waals surface area contributed by atoms with E-state index in [-0.39, 0.29) is 0 Å². The van der Waals surface area contributed by atoms with Gasteiger partial charge in [0, 0.05) is 27.2 Å². The third-order valence-corrected chi connectivity index (χ3v) is 3.01. The Morgan fingerprint density at radius 2 is 2.05 bits per heavy atom. The summed E-state index contributed by atoms with van der Waals surface area (Å²) in [6, 6.07) is 6.03. The van der Waals surface area contributed by atoms with Crippen molar-refractivity contribution in [2.75, 3.05) is 32.1 Å². The van der Waals surface area contributed by atoms with Crippen LogP contribution in [0.25, 0.3) is 0 Å². The lowest BCUT2D eigenvalue weighted by atomic mass is 10.1. The number of nitrogens with zero attached hydrogens (tertiary/aromatic N) is 3. The molecule has 0 fully saturated rings. The molecular weight excluding hydrogens is 262 g/mol. The van der Waals surface area contributed by atoms with Gasteiger partial charge in [0.25, 0.3) is 0 Å². The van der Waals surface area contributed by atoms with E-state index in [9.17, 15) is 0 Å². The summed E-state index contributed by atoms with van der Waals surface area (Å²) in [5, 5.41) is 6.62. The number of anilines is 1. The van der Waals surface area contributed by atoms with Crippen molar-refractivity contribution in [3.8, 4) is 0 Å². The van der Waals surface area contributed by atoms with Crippen LogP contribution in [-0.2, 0) is 6.54 Å². The van der Waals surface area contributed by atoms with Crippen LogP contribution in [0.2, 0.25) is 0 Å². The van der Waals surface area contributed by atoms with Crippen LogP contribution in [0.15, 0.2) is 23.2 Å². The van der Waals surface area contributed by atoms with Gasteiger partial charge in [-0.05, 0) is 31.4 Å². The first-order valence-corrected chi connectivity index (χ1v) is 7.68. The molecule has 0 saturated heterocycles. The highest BCUT2D eigenvalue weighted by molar-refractivity contribution is 5.79. The SMILES string of the molecule is CCNC(=NCc1cccc(N(C)C)n1)NCCC(C)C. The molecule has 0 unspecified atom stereocenters. The van der Waals surface area contributed by atoms with Crippen LogP contribution < -0.4 is 15.5 Å². The maximum atomic E-state index is 4.59. The molecule has 0 aromatic carbocycles. The Balaban J connectivity index is 2.62. The molecule has 0 aliphatic heterocycles. The third-order valence-electron chi connectivity index (χ3n) is 3.01. The number of aromatic nitrogens is 1. The molecule has 5 heteroatoms. The van der Waals surface area contributed by atoms with Crippen LogP contribution in [0.4, 0.5) is 5.82 Å². The molecule has 1 rings (SSSR count). The lowest BCUT2D eigenvalue weighted by Crippen LogP contribution is -2.38. The second-order valence-electron chi connectivity index (χ2n) is 5.69. The molecule has 0 atom stereocenters. The number of hydrogen-bond acceptors (Lipinski definition) is 3. The summed E-state index contributed by atoms with van der Waals surface area (Å²) in [5.74, 6) is 2.51. The van der Waals surface area contributed by atoms with E-state index < -0.39 is 0 Å². The van der Waals surface area contributed by atoms with Crippen LogP contribution >= 0.6 is 0 Å². The maximum absolute atomic E-state index is 4.59. The highest BCUT2D eigenvalue weighted by Gasteiger charge is 2.01. The summed E-state index contributed by atoms with van der Waals surface area (Å²) in [4.78, 5) is 11.2. The van der Waals surface area contributed by atoms with Crippen LogP contribution in [0.3, 0.4) is 0 Å². The molecule has 5 nitrogen and oxygen atoms in total. The summed E-state index contributed by atoms with van der Waals surface area (Å²) < 4.78 is 0. The summed E-state index contributed by atoms with van der Waals surface area (Å²) in [6.07, 6.45) is 1.14. The summed E-state index contributed by atoms with van der Waals surface area (Å²) >= 11 is 0. The van der Waals surface area contributed by atoms with E-state index in [0.717, 1.165) is 37.0 Å². The van der Waals surface area contributed by atoms with Crippen molar-refractivity contribution in [2.24, 2.45) is 10.9 Å². The zero-order valence-electron chi connectivity index (χ0n) is 14.0. The van der Waals surface area contributed by atoms with Crippen molar-refractivity contribution in [3.63, 3.8) is 0 Å². The van der Waals surface area contributed by atoms with Crippen LogP contribution in [0.5, 0.6) is 0 Å². The first-order valence-electron chi connectivity index (χ1n) is 7.68. The molecule has 118 valence electrons. The van der Waals surface area contributed by atoms with E-state index in [0.29, 0.717) is 12.5 Å². The van der Waals surface area contributed by atoms with Gasteiger partial charge < -0.3 is 15.5 Å². The zero-order valence-corrected chi connectivity index (χ0v) is 14.0. The highest BCUT2D eigenvalue weighted by Crippen LogP contribution is 2.08. The minimum absolute atomic E-state index is 0.582. The van der Waals surface area contributed by atoms with Crippen LogP contribution in [0.1, 0.15) is 32.9 Å². The largest absolute Gasteiger partial charge is 0.363 e. The number of pyridine rings is 1. The van der Waals surface area contributed by atoms with Gasteiger partial charge in [-0.25, -0.2) is 9.98 Å². The third kappa shape index (κ3) is 6.97. The predicted molar refractivity (Wildman–Crippen MR) is 90.8 cm³/mol. The van der Waals surface area contributed by atoms with Gasteiger partial charge in [-0.15, -0.1) is 0 Å². The number of aliphatic imine (C=N–C) groups is 1. The molecule has 0 radical (unpaired) electrons. The van der Waals surface area contributed by atoms with Gasteiger partial charge in [0.1, 0.15) is 5.82 Å². The Kier molecular flexibility index (Phi) is 7.58. The lowest BCUT2D eigenvalue weighted by molar-refractivity contribution is 0.573. The average molecular weight is 291 g/mol. The molecule has 0 bridgehead atoms. The van der Waals surface area contributed by atoms with Crippen LogP contribution in [-0.4, -0.2) is 38.1 Å². The predicted octanol–water partition coefficient (Wildman–Crippen LogP) is 2.25. The van der Waals surface area contributed by atoms with Crippen molar-refractivity contribution < 1.29 is 0 Å². The molecule has 0 aliphatic rings. The van der Waals surface area contributed by atoms with E-state index >= 15 is 0 Å². The van der Waals surface area contributed by atoms with Gasteiger partial charge in [0.2, 0.25) is 0 Å². The molecular formula is C16H29N5. The summed E-state index contributed by atoms with van der Waals surface area (Å²) in [7, 11) is 3.99. The molecule has 1 aromatic heterocycles. The number of guanidine groups is 1. The highest BCUT2D eigenvalue weighted by atomic mass is 15.2. The van der Waals surface area contributed by atoms with E-state index in [4.69, 9.17) is 0 Å². The summed E-state index contributed by atoms with van der Waals surface area (Å²) in [6.45, 7) is 8.90. The quantitative estimate of drug-likeness (QED) is 0.597. The minimum atomic E-state index is 0.582. The molecule has 0 amide bonds. The second kappa shape index (κ2) is 9.21. The zero-order chi connectivity index (χ0) is 15.7. The lowest BCUT2D eigenvalue weighted by Gasteiger charge is -2.13. The van der Waals surface area contributed by atoms with Crippen LogP contribution in [0, 0.1) is 5.92 Å². The van der Waals surface area contributed by atoms with Gasteiger partial charge >= 0.3 is 0 Å². The fraction of sp³-hybridized carbons (Fsp3) is 0.625. The van der Waals surface area contributed by atoms with Gasteiger partial charge in [0.15, 0.2) is 5.96 Å². The molecule has 2 N–H and O–H groups in total. The Morgan fingerprint density at radius 3 is 2.67 bits per heavy atom. The van der Waals surface area contributed by atoms with Crippen molar-refractivity contribution in [1.82, 2.24) is 15.6 Å². The van der Waals surface area contributed by atoms with Crippen molar-refractivity contribution >= 4 is 11.8 Å². The van der Waals surface area contributed by atoms with E-state index in [2.05, 4.69) is 41.4 Å². The Hall–Kier alpha value is -1.78. The molecule has 0 aliphatic carbocycles. The van der Waals surface area contributed by atoms with Gasteiger partial charge in [-0.3, -0.25) is 0 Å². The topological polar surface area (TPSA) is 52.6 Å². The van der Waals surface area contributed by atoms with Gasteiger partial charge in [0.05, 0.1) is 12.2 Å². The Morgan fingerprint density at radius 1 is 1.29 bits per heavy atom. The smallest absolute Gasteiger partial charge is 0.191 e. The Bertz CT molecular complexity index is 440. The minimum Gasteiger partial charge on any atom is -0.363 e. The normalized spacial score (nSPS) is 11.6. The Labute approximate surface area is 128 Å². The molecule has 1 heterocycles. The fourth-order valence-electron chi connectivity index (χ4n) is 1.79. The van der Waals surface area contributed by atoms with E-state index in [1.54, 1.807) is 0 Å². The monoisotopic (exact) mass is 291 g/mol. The molecule has 0 saturated carbocycles. The van der Waals surface area contributed by atoms with Gasteiger partial charge in [-0.1, -0.05) is 19.9 Å². The van der Waals surface area contributed by atoms with Crippen molar-refractivity contribution in [2.45, 2.75) is 33.7 Å². The first kappa shape index (κ1) is 17.3. The maximum Gasteiger partial charge on any atom is 0.191 e. The number of nitrogens with one attached hydrogen (secondary N) is 2. The van der Waals surface area contributed by atoms with Crippen molar-refractivity contribution in [1.29, 1.82) is 0 Å². The number of rotatable bonds is 7. The standard InChI is InChI=1S/C16H29N5/c1-6-17-16(18-11-10-13(2)3)19-12-14-8-7-9-15(20-14)21(4)5/h7-9,13H,6,10-12H2,1-5H3,(H2,17,18,19). The first-order chi connectivity index (χ1) is 10.0. The molecule has 21 heavy (non-hydrogen) atoms. The second-order valence-corrected chi connectivity index (χ2v) is 5.69. The van der Waals surface area contributed by atoms with E-state index in [1.807, 2.05) is 37.2 Å². The summed E-state index contributed by atoms with van der Waals surface area (Å²) in [5.41, 5.74) is 0.974. The average Bonchev–Trinajstić information content (AvgIpc) is 2.44. The van der Waals surface area contributed by atoms with E-state index in [1.165, 1.54) is 0 Å². The van der Waals surface area contributed by atoms with Gasteiger partial charge in [-0.2, -0.15) is 0 Å². The molecule has 1 aromatic rings. The number of hydrogen-bond donors (Lipinski definition) is 2. The fourth-order valence-corrected chi connectivity index (χ4v) is 1.79. The van der Waals surface area contributed by atoms with Crippen molar-refractivity contribution in [3.05, 3.63) is 23.9 Å². The molecule has 0 spiro atoms.